The number of hydrogen-bond acceptors (Lipinski definition) is 6. The van der Waals surface area contributed by atoms with Gasteiger partial charge >= 0.3 is 5.69 Å². The summed E-state index contributed by atoms with van der Waals surface area (Å²) < 4.78 is 41.2. The molecule has 3 aromatic rings. The molecule has 0 fully saturated rings. The number of aryl methyl sites for hydroxylation is 2. The van der Waals surface area contributed by atoms with Crippen molar-refractivity contribution in [3.05, 3.63) is 58.2 Å². The van der Waals surface area contributed by atoms with Gasteiger partial charge in [0.1, 0.15) is 5.82 Å². The molecule has 0 radical (unpaired) electrons. The Kier molecular flexibility index (Phi) is 6.55. The summed E-state index contributed by atoms with van der Waals surface area (Å²) >= 11 is 0. The average molecular weight is 463 g/mol. The van der Waals surface area contributed by atoms with Gasteiger partial charge in [0.25, 0.3) is 0 Å². The molecule has 0 bridgehead atoms. The summed E-state index contributed by atoms with van der Waals surface area (Å²) in [6.07, 6.45) is 0.282. The zero-order valence-corrected chi connectivity index (χ0v) is 18.5. The SMILES string of the molecule is CCn1c(CCC(=O)Nc2ccc(F)c([N+](=O)[O-])c2)nc2cc(S(=O)(=O)N(C)C)ccc21. The fourth-order valence-electron chi connectivity index (χ4n) is 3.25. The summed E-state index contributed by atoms with van der Waals surface area (Å²) in [5.74, 6) is -0.807. The van der Waals surface area contributed by atoms with Crippen LogP contribution in [0.2, 0.25) is 0 Å². The van der Waals surface area contributed by atoms with Crippen molar-refractivity contribution in [1.29, 1.82) is 0 Å². The molecule has 1 aromatic heterocycles. The summed E-state index contributed by atoms with van der Waals surface area (Å²) in [7, 11) is -0.710. The first-order chi connectivity index (χ1) is 15.0. The lowest BCUT2D eigenvalue weighted by molar-refractivity contribution is -0.387. The molecule has 0 spiro atoms. The van der Waals surface area contributed by atoms with Crippen LogP contribution in [0, 0.1) is 15.9 Å². The van der Waals surface area contributed by atoms with Gasteiger partial charge in [-0.2, -0.15) is 4.39 Å². The van der Waals surface area contributed by atoms with Crippen LogP contribution >= 0.6 is 0 Å². The van der Waals surface area contributed by atoms with Crippen molar-refractivity contribution in [1.82, 2.24) is 13.9 Å². The van der Waals surface area contributed by atoms with Crippen LogP contribution in [0.25, 0.3) is 11.0 Å². The minimum atomic E-state index is -3.61. The van der Waals surface area contributed by atoms with E-state index in [0.717, 1.165) is 22.0 Å². The molecule has 0 atom stereocenters. The Labute approximate surface area is 183 Å². The van der Waals surface area contributed by atoms with Crippen molar-refractivity contribution in [3.63, 3.8) is 0 Å². The fourth-order valence-corrected chi connectivity index (χ4v) is 4.18. The van der Waals surface area contributed by atoms with Gasteiger partial charge in [-0.3, -0.25) is 14.9 Å². The Morgan fingerprint density at radius 2 is 1.97 bits per heavy atom. The van der Waals surface area contributed by atoms with Crippen LogP contribution in [0.3, 0.4) is 0 Å². The van der Waals surface area contributed by atoms with E-state index in [9.17, 15) is 27.7 Å². The number of nitrogens with one attached hydrogen (secondary N) is 1. The van der Waals surface area contributed by atoms with Gasteiger partial charge in [0.05, 0.1) is 20.9 Å². The van der Waals surface area contributed by atoms with Gasteiger partial charge in [-0.1, -0.05) is 0 Å². The molecule has 1 amide bonds. The van der Waals surface area contributed by atoms with Gasteiger partial charge in [0.15, 0.2) is 0 Å². The first-order valence-electron chi connectivity index (χ1n) is 9.70. The Hall–Kier alpha value is -3.38. The molecule has 1 heterocycles. The topological polar surface area (TPSA) is 127 Å². The standard InChI is InChI=1S/C20H22FN5O5S/c1-4-25-17-8-6-14(32(30,31)24(2)3)12-16(17)23-19(25)9-10-20(27)22-13-5-7-15(21)18(11-13)26(28)29/h5-8,11-12H,4,9-10H2,1-3H3,(H,22,27). The van der Waals surface area contributed by atoms with Gasteiger partial charge in [-0.05, 0) is 37.3 Å². The number of rotatable bonds is 8. The van der Waals surface area contributed by atoms with E-state index in [1.54, 1.807) is 6.07 Å². The third kappa shape index (κ3) is 4.60. The molecule has 0 unspecified atom stereocenters. The Bertz CT molecular complexity index is 1300. The highest BCUT2D eigenvalue weighted by Crippen LogP contribution is 2.24. The number of nitro groups is 1. The summed E-state index contributed by atoms with van der Waals surface area (Å²) in [4.78, 5) is 26.9. The number of carbonyl (C=O) groups is 1. The highest BCUT2D eigenvalue weighted by atomic mass is 32.2. The maximum absolute atomic E-state index is 13.5. The van der Waals surface area contributed by atoms with Crippen LogP contribution in [-0.2, 0) is 27.8 Å². The van der Waals surface area contributed by atoms with Crippen LogP contribution < -0.4 is 5.32 Å². The Morgan fingerprint density at radius 3 is 2.59 bits per heavy atom. The highest BCUT2D eigenvalue weighted by Gasteiger charge is 2.20. The molecule has 10 nitrogen and oxygen atoms in total. The summed E-state index contributed by atoms with van der Waals surface area (Å²) in [6, 6.07) is 7.82. The maximum atomic E-state index is 13.5. The van der Waals surface area contributed by atoms with E-state index in [1.807, 2.05) is 11.5 Å². The third-order valence-corrected chi connectivity index (χ3v) is 6.71. The number of carbonyl (C=O) groups excluding carboxylic acids is 1. The van der Waals surface area contributed by atoms with E-state index in [-0.39, 0.29) is 23.4 Å². The number of anilines is 1. The molecular formula is C20H22FN5O5S. The van der Waals surface area contributed by atoms with Crippen LogP contribution in [-0.4, -0.2) is 47.2 Å². The number of imidazole rings is 1. The number of aromatic nitrogens is 2. The number of halogens is 1. The van der Waals surface area contributed by atoms with Crippen molar-refractivity contribution in [2.75, 3.05) is 19.4 Å². The number of fused-ring (bicyclic) bond motifs is 1. The number of benzene rings is 2. The number of nitrogens with zero attached hydrogens (tertiary/aromatic N) is 4. The van der Waals surface area contributed by atoms with Crippen molar-refractivity contribution in [3.8, 4) is 0 Å². The number of amides is 1. The highest BCUT2D eigenvalue weighted by molar-refractivity contribution is 7.89. The second-order valence-electron chi connectivity index (χ2n) is 7.18. The number of sulfonamides is 1. The summed E-state index contributed by atoms with van der Waals surface area (Å²) in [6.45, 7) is 2.48. The molecule has 32 heavy (non-hydrogen) atoms. The molecule has 1 N–H and O–H groups in total. The zero-order valence-electron chi connectivity index (χ0n) is 17.7. The minimum absolute atomic E-state index is 0.0251. The van der Waals surface area contributed by atoms with Crippen molar-refractivity contribution in [2.24, 2.45) is 0 Å². The molecule has 170 valence electrons. The molecule has 0 aliphatic heterocycles. The molecular weight excluding hydrogens is 441 g/mol. The summed E-state index contributed by atoms with van der Waals surface area (Å²) in [5.41, 5.74) is 0.638. The van der Waals surface area contributed by atoms with Crippen LogP contribution in [0.4, 0.5) is 15.8 Å². The summed E-state index contributed by atoms with van der Waals surface area (Å²) in [5, 5.41) is 13.4. The smallest absolute Gasteiger partial charge is 0.306 e. The van der Waals surface area contributed by atoms with Gasteiger partial charge in [-0.25, -0.2) is 17.7 Å². The Balaban J connectivity index is 1.79. The van der Waals surface area contributed by atoms with E-state index < -0.39 is 32.4 Å². The second kappa shape index (κ2) is 9.01. The molecule has 0 aliphatic carbocycles. The van der Waals surface area contributed by atoms with Gasteiger partial charge < -0.3 is 9.88 Å². The second-order valence-corrected chi connectivity index (χ2v) is 9.33. The molecule has 2 aromatic carbocycles. The number of nitro benzene ring substituents is 1. The fraction of sp³-hybridized carbons (Fsp3) is 0.300. The monoisotopic (exact) mass is 463 g/mol. The minimum Gasteiger partial charge on any atom is -0.328 e. The lowest BCUT2D eigenvalue weighted by atomic mass is 10.2. The molecule has 0 aliphatic rings. The van der Waals surface area contributed by atoms with Crippen LogP contribution in [0.5, 0.6) is 0 Å². The third-order valence-electron chi connectivity index (χ3n) is 4.90. The molecule has 0 saturated heterocycles. The molecule has 12 heteroatoms. The van der Waals surface area contributed by atoms with E-state index in [4.69, 9.17) is 0 Å². The van der Waals surface area contributed by atoms with Gasteiger partial charge in [0.2, 0.25) is 21.7 Å². The van der Waals surface area contributed by atoms with E-state index in [0.29, 0.717) is 17.9 Å². The Morgan fingerprint density at radius 1 is 1.25 bits per heavy atom. The van der Waals surface area contributed by atoms with Crippen LogP contribution in [0.15, 0.2) is 41.3 Å². The lowest BCUT2D eigenvalue weighted by Gasteiger charge is -2.11. The predicted octanol–water partition coefficient (Wildman–Crippen LogP) is 2.93. The van der Waals surface area contributed by atoms with E-state index in [1.165, 1.54) is 32.3 Å². The quantitative estimate of drug-likeness (QED) is 0.404. The normalized spacial score (nSPS) is 11.8. The van der Waals surface area contributed by atoms with Crippen molar-refractivity contribution in [2.45, 2.75) is 31.2 Å². The average Bonchev–Trinajstić information content (AvgIpc) is 3.10. The van der Waals surface area contributed by atoms with Crippen molar-refractivity contribution >= 4 is 38.3 Å². The van der Waals surface area contributed by atoms with Gasteiger partial charge in [-0.15, -0.1) is 0 Å². The lowest BCUT2D eigenvalue weighted by Crippen LogP contribution is -2.22. The first-order valence-corrected chi connectivity index (χ1v) is 11.1. The predicted molar refractivity (Wildman–Crippen MR) is 116 cm³/mol. The van der Waals surface area contributed by atoms with Crippen LogP contribution in [0.1, 0.15) is 19.2 Å². The maximum Gasteiger partial charge on any atom is 0.306 e. The van der Waals surface area contributed by atoms with Crippen molar-refractivity contribution < 1.29 is 22.5 Å². The van der Waals surface area contributed by atoms with E-state index in [2.05, 4.69) is 10.3 Å². The first kappa shape index (κ1) is 23.3. The molecule has 3 rings (SSSR count). The van der Waals surface area contributed by atoms with E-state index >= 15 is 0 Å². The zero-order chi connectivity index (χ0) is 23.6. The molecule has 0 saturated carbocycles. The largest absolute Gasteiger partial charge is 0.328 e. The van der Waals surface area contributed by atoms with Gasteiger partial charge in [0, 0.05) is 45.2 Å². The number of hydrogen-bond donors (Lipinski definition) is 1.